The molecule has 0 atom stereocenters. The van der Waals surface area contributed by atoms with Crippen LogP contribution in [0.3, 0.4) is 0 Å². The second-order valence-electron chi connectivity index (χ2n) is 4.21. The number of nitrogens with zero attached hydrogens (tertiary/aromatic N) is 1. The molecule has 1 aromatic heterocycles. The lowest BCUT2D eigenvalue weighted by Crippen LogP contribution is -2.15. The van der Waals surface area contributed by atoms with Crippen LogP contribution >= 0.6 is 0 Å². The maximum Gasteiger partial charge on any atom is 0.303 e. The third kappa shape index (κ3) is 3.23. The molecular formula is C14H14N2O4. The first-order chi connectivity index (χ1) is 9.60. The van der Waals surface area contributed by atoms with Crippen molar-refractivity contribution in [3.05, 3.63) is 46.4 Å². The number of nitrogens with one attached hydrogen (secondary N) is 1. The Morgan fingerprint density at radius 3 is 2.90 bits per heavy atom. The van der Waals surface area contributed by atoms with Gasteiger partial charge >= 0.3 is 5.97 Å². The van der Waals surface area contributed by atoms with Gasteiger partial charge in [0.05, 0.1) is 7.11 Å². The van der Waals surface area contributed by atoms with Gasteiger partial charge in [0.2, 0.25) is 0 Å². The molecule has 20 heavy (non-hydrogen) atoms. The quantitative estimate of drug-likeness (QED) is 0.861. The Labute approximate surface area is 115 Å². The normalized spacial score (nSPS) is 10.2. The van der Waals surface area contributed by atoms with Gasteiger partial charge in [0.25, 0.3) is 5.56 Å². The molecular weight excluding hydrogens is 260 g/mol. The minimum atomic E-state index is -0.943. The molecule has 0 bridgehead atoms. The first kappa shape index (κ1) is 13.8. The van der Waals surface area contributed by atoms with Crippen LogP contribution in [0.5, 0.6) is 5.75 Å². The highest BCUT2D eigenvalue weighted by Crippen LogP contribution is 2.19. The summed E-state index contributed by atoms with van der Waals surface area (Å²) in [6.45, 7) is 0. The SMILES string of the molecule is COc1cccc(-c2ncc(CCC(=O)O)c(=O)[nH]2)c1. The summed E-state index contributed by atoms with van der Waals surface area (Å²) in [7, 11) is 1.56. The number of carbonyl (C=O) groups is 1. The molecule has 6 nitrogen and oxygen atoms in total. The molecule has 6 heteroatoms. The maximum absolute atomic E-state index is 11.9. The molecule has 2 aromatic rings. The number of H-pyrrole nitrogens is 1. The Hall–Kier alpha value is -2.63. The van der Waals surface area contributed by atoms with E-state index in [0.717, 1.165) is 5.56 Å². The molecule has 0 spiro atoms. The molecule has 104 valence electrons. The molecule has 0 aliphatic rings. The summed E-state index contributed by atoms with van der Waals surface area (Å²) in [5.41, 5.74) is 0.768. The lowest BCUT2D eigenvalue weighted by Gasteiger charge is -2.05. The Kier molecular flexibility index (Phi) is 4.14. The Morgan fingerprint density at radius 1 is 1.45 bits per heavy atom. The van der Waals surface area contributed by atoms with Gasteiger partial charge in [0.1, 0.15) is 11.6 Å². The zero-order valence-corrected chi connectivity index (χ0v) is 10.9. The molecule has 2 N–H and O–H groups in total. The van der Waals surface area contributed by atoms with Gasteiger partial charge in [0.15, 0.2) is 0 Å². The highest BCUT2D eigenvalue weighted by molar-refractivity contribution is 5.67. The topological polar surface area (TPSA) is 92.3 Å². The number of aromatic amines is 1. The van der Waals surface area contributed by atoms with E-state index in [2.05, 4.69) is 9.97 Å². The fourth-order valence-corrected chi connectivity index (χ4v) is 1.76. The van der Waals surface area contributed by atoms with Crippen molar-refractivity contribution in [2.75, 3.05) is 7.11 Å². The number of aryl methyl sites for hydroxylation is 1. The summed E-state index contributed by atoms with van der Waals surface area (Å²) in [5, 5.41) is 8.61. The number of aliphatic carboxylic acids is 1. The molecule has 0 fully saturated rings. The van der Waals surface area contributed by atoms with Crippen LogP contribution in [0.1, 0.15) is 12.0 Å². The van der Waals surface area contributed by atoms with Crippen molar-refractivity contribution >= 4 is 5.97 Å². The van der Waals surface area contributed by atoms with E-state index in [4.69, 9.17) is 9.84 Å². The number of hydrogen-bond acceptors (Lipinski definition) is 4. The summed E-state index contributed by atoms with van der Waals surface area (Å²) in [6.07, 6.45) is 1.48. The van der Waals surface area contributed by atoms with Gasteiger partial charge < -0.3 is 14.8 Å². The van der Waals surface area contributed by atoms with Crippen LogP contribution in [0.2, 0.25) is 0 Å². The number of carboxylic acids is 1. The number of benzene rings is 1. The minimum absolute atomic E-state index is 0.0940. The summed E-state index contributed by atoms with van der Waals surface area (Å²) in [4.78, 5) is 29.2. The molecule has 1 heterocycles. The average molecular weight is 274 g/mol. The van der Waals surface area contributed by atoms with E-state index >= 15 is 0 Å². The van der Waals surface area contributed by atoms with Gasteiger partial charge in [-0.1, -0.05) is 12.1 Å². The van der Waals surface area contributed by atoms with Crippen molar-refractivity contribution in [3.8, 4) is 17.1 Å². The maximum atomic E-state index is 11.9. The smallest absolute Gasteiger partial charge is 0.303 e. The number of methoxy groups -OCH3 is 1. The largest absolute Gasteiger partial charge is 0.497 e. The van der Waals surface area contributed by atoms with E-state index in [0.29, 0.717) is 17.1 Å². The molecule has 0 unspecified atom stereocenters. The molecule has 1 aromatic carbocycles. The zero-order chi connectivity index (χ0) is 14.5. The third-order valence-corrected chi connectivity index (χ3v) is 2.82. The molecule has 2 rings (SSSR count). The molecule has 0 radical (unpaired) electrons. The van der Waals surface area contributed by atoms with Crippen LogP contribution in [-0.2, 0) is 11.2 Å². The monoisotopic (exact) mass is 274 g/mol. The van der Waals surface area contributed by atoms with Gasteiger partial charge in [-0.25, -0.2) is 4.98 Å². The lowest BCUT2D eigenvalue weighted by molar-refractivity contribution is -0.136. The third-order valence-electron chi connectivity index (χ3n) is 2.82. The van der Waals surface area contributed by atoms with E-state index in [1.807, 2.05) is 0 Å². The van der Waals surface area contributed by atoms with Crippen LogP contribution in [0.25, 0.3) is 11.4 Å². The van der Waals surface area contributed by atoms with Crippen molar-refractivity contribution in [1.29, 1.82) is 0 Å². The van der Waals surface area contributed by atoms with Gasteiger partial charge in [-0.2, -0.15) is 0 Å². The first-order valence-electron chi connectivity index (χ1n) is 6.04. The van der Waals surface area contributed by atoms with E-state index in [1.54, 1.807) is 31.4 Å². The molecule has 0 saturated carbocycles. The van der Waals surface area contributed by atoms with Crippen LogP contribution in [-0.4, -0.2) is 28.2 Å². The molecule has 0 aliphatic carbocycles. The number of ether oxygens (including phenoxy) is 1. The minimum Gasteiger partial charge on any atom is -0.497 e. The van der Waals surface area contributed by atoms with E-state index < -0.39 is 5.97 Å². The lowest BCUT2D eigenvalue weighted by atomic mass is 10.1. The van der Waals surface area contributed by atoms with Gasteiger partial charge in [-0.15, -0.1) is 0 Å². The summed E-state index contributed by atoms with van der Waals surface area (Å²) in [5.74, 6) is 0.148. The average Bonchev–Trinajstić information content (AvgIpc) is 2.46. The fraction of sp³-hybridized carbons (Fsp3) is 0.214. The highest BCUT2D eigenvalue weighted by Gasteiger charge is 2.07. The van der Waals surface area contributed by atoms with Crippen molar-refractivity contribution in [1.82, 2.24) is 9.97 Å². The first-order valence-corrected chi connectivity index (χ1v) is 6.04. The van der Waals surface area contributed by atoms with Crippen LogP contribution < -0.4 is 10.3 Å². The number of carboxylic acid groups (broad SMARTS) is 1. The van der Waals surface area contributed by atoms with Crippen molar-refractivity contribution < 1.29 is 14.6 Å². The van der Waals surface area contributed by atoms with E-state index in [9.17, 15) is 9.59 Å². The van der Waals surface area contributed by atoms with Crippen molar-refractivity contribution in [3.63, 3.8) is 0 Å². The summed E-state index contributed by atoms with van der Waals surface area (Å²) in [6, 6.07) is 7.16. The van der Waals surface area contributed by atoms with E-state index in [1.165, 1.54) is 6.20 Å². The van der Waals surface area contributed by atoms with E-state index in [-0.39, 0.29) is 18.4 Å². The Bertz CT molecular complexity index is 679. The molecule has 0 amide bonds. The van der Waals surface area contributed by atoms with Gasteiger partial charge in [-0.05, 0) is 18.6 Å². The predicted octanol–water partition coefficient (Wildman–Crippen LogP) is 1.46. The highest BCUT2D eigenvalue weighted by atomic mass is 16.5. The molecule has 0 aliphatic heterocycles. The molecule has 0 saturated heterocycles. The summed E-state index contributed by atoms with van der Waals surface area (Å²) >= 11 is 0. The van der Waals surface area contributed by atoms with Crippen LogP contribution in [0, 0.1) is 0 Å². The van der Waals surface area contributed by atoms with Crippen molar-refractivity contribution in [2.24, 2.45) is 0 Å². The van der Waals surface area contributed by atoms with Gasteiger partial charge in [-0.3, -0.25) is 9.59 Å². The van der Waals surface area contributed by atoms with Crippen LogP contribution in [0.15, 0.2) is 35.3 Å². The fourth-order valence-electron chi connectivity index (χ4n) is 1.76. The standard InChI is InChI=1S/C14H14N2O4/c1-20-11-4-2-3-9(7-11)13-15-8-10(14(19)16-13)5-6-12(17)18/h2-4,7-8H,5-6H2,1H3,(H,17,18)(H,15,16,19). The number of rotatable bonds is 5. The number of hydrogen-bond donors (Lipinski definition) is 2. The van der Waals surface area contributed by atoms with Gasteiger partial charge in [0, 0.05) is 23.7 Å². The second-order valence-corrected chi connectivity index (χ2v) is 4.21. The number of aromatic nitrogens is 2. The predicted molar refractivity (Wildman–Crippen MR) is 72.8 cm³/mol. The second kappa shape index (κ2) is 6.01. The Morgan fingerprint density at radius 2 is 2.25 bits per heavy atom. The Balaban J connectivity index is 2.28. The summed E-state index contributed by atoms with van der Waals surface area (Å²) < 4.78 is 5.11. The zero-order valence-electron chi connectivity index (χ0n) is 10.9. The van der Waals surface area contributed by atoms with Crippen molar-refractivity contribution in [2.45, 2.75) is 12.8 Å². The van der Waals surface area contributed by atoms with Crippen LogP contribution in [0.4, 0.5) is 0 Å².